The summed E-state index contributed by atoms with van der Waals surface area (Å²) >= 11 is 3.64. The maximum atomic E-state index is 6.03. The first kappa shape index (κ1) is 32.6. The van der Waals surface area contributed by atoms with Crippen LogP contribution in [-0.2, 0) is 4.74 Å². The van der Waals surface area contributed by atoms with E-state index in [0.29, 0.717) is 43.1 Å². The molecular weight excluding hydrogens is 681 g/mol. The van der Waals surface area contributed by atoms with Crippen LogP contribution >= 0.6 is 23.9 Å². The number of anilines is 5. The lowest BCUT2D eigenvalue weighted by atomic mass is 9.95. The molecule has 7 rings (SSSR count). The highest BCUT2D eigenvalue weighted by Gasteiger charge is 2.39. The summed E-state index contributed by atoms with van der Waals surface area (Å²) in [6.45, 7) is 13.9. The summed E-state index contributed by atoms with van der Waals surface area (Å²) in [6, 6.07) is 10.2. The van der Waals surface area contributed by atoms with Crippen LogP contribution in [0, 0.1) is 6.92 Å². The molecule has 0 bridgehead atoms. The van der Waals surface area contributed by atoms with Gasteiger partial charge in [-0.1, -0.05) is 7.92 Å². The molecule has 3 saturated heterocycles. The number of nitrogens with one attached hydrogen (secondary N) is 2. The van der Waals surface area contributed by atoms with Crippen molar-refractivity contribution < 1.29 is 18.9 Å². The number of likely N-dealkylation sites (tertiary alicyclic amines) is 1. The number of aryl methyl sites for hydroxylation is 1. The predicted octanol–water partition coefficient (Wildman–Crippen LogP) is 5.16. The second-order valence-electron chi connectivity index (χ2n) is 13.0. The third-order valence-electron chi connectivity index (χ3n) is 9.88. The van der Waals surface area contributed by atoms with Gasteiger partial charge in [0.15, 0.2) is 11.5 Å². The second-order valence-corrected chi connectivity index (χ2v) is 16.1. The van der Waals surface area contributed by atoms with Gasteiger partial charge in [-0.2, -0.15) is 4.98 Å². The van der Waals surface area contributed by atoms with Crippen molar-refractivity contribution in [3.8, 4) is 17.2 Å². The van der Waals surface area contributed by atoms with Crippen LogP contribution in [0.15, 0.2) is 34.9 Å². The Balaban J connectivity index is 1.02. The molecule has 0 aliphatic carbocycles. The van der Waals surface area contributed by atoms with E-state index in [2.05, 4.69) is 85.7 Å². The van der Waals surface area contributed by atoms with Gasteiger partial charge in [0.05, 0.1) is 42.2 Å². The van der Waals surface area contributed by atoms with E-state index in [4.69, 9.17) is 23.9 Å². The molecule has 0 radical (unpaired) electrons. The molecule has 4 aliphatic heterocycles. The van der Waals surface area contributed by atoms with Gasteiger partial charge in [-0.25, -0.2) is 4.98 Å². The molecule has 0 spiro atoms. The molecule has 13 heteroatoms. The number of likely N-dealkylation sites (N-methyl/N-ethyl adjacent to an activating group) is 1. The van der Waals surface area contributed by atoms with Crippen molar-refractivity contribution in [2.45, 2.75) is 37.9 Å². The molecule has 5 heterocycles. The van der Waals surface area contributed by atoms with Crippen molar-refractivity contribution >= 4 is 58.0 Å². The Morgan fingerprint density at radius 3 is 2.49 bits per heavy atom. The van der Waals surface area contributed by atoms with Crippen LogP contribution in [0.1, 0.15) is 18.4 Å². The molecule has 4 aliphatic rings. The van der Waals surface area contributed by atoms with Crippen molar-refractivity contribution in [2.24, 2.45) is 0 Å². The molecule has 0 atom stereocenters. The Morgan fingerprint density at radius 2 is 1.79 bits per heavy atom. The molecule has 2 aromatic carbocycles. The fraction of sp³-hybridized carbons (Fsp3) is 0.529. The van der Waals surface area contributed by atoms with Crippen molar-refractivity contribution in [3.05, 3.63) is 40.5 Å². The molecule has 0 unspecified atom stereocenters. The summed E-state index contributed by atoms with van der Waals surface area (Å²) < 4.78 is 23.9. The van der Waals surface area contributed by atoms with Crippen LogP contribution in [0.4, 0.5) is 28.8 Å². The van der Waals surface area contributed by atoms with E-state index in [1.807, 2.05) is 12.1 Å². The number of methoxy groups -OCH3 is 1. The normalized spacial score (nSPS) is 19.1. The van der Waals surface area contributed by atoms with Crippen LogP contribution in [0.2, 0.25) is 0 Å². The van der Waals surface area contributed by atoms with Crippen LogP contribution in [0.25, 0.3) is 0 Å². The predicted molar refractivity (Wildman–Crippen MR) is 193 cm³/mol. The van der Waals surface area contributed by atoms with Crippen molar-refractivity contribution in [1.29, 1.82) is 0 Å². The van der Waals surface area contributed by atoms with Crippen LogP contribution in [0.3, 0.4) is 0 Å². The molecule has 3 aromatic rings. The quantitative estimate of drug-likeness (QED) is 0.271. The summed E-state index contributed by atoms with van der Waals surface area (Å²) in [6.07, 6.45) is 4.11. The Morgan fingerprint density at radius 1 is 1.02 bits per heavy atom. The number of piperidine rings is 1. The topological polar surface area (TPSA) is 96.5 Å². The molecule has 1 aromatic heterocycles. The molecule has 47 heavy (non-hydrogen) atoms. The molecule has 0 saturated carbocycles. The third-order valence-corrected chi connectivity index (χ3v) is 11.8. The average molecular weight is 727 g/mol. The Hall–Kier alpha value is -2.89. The number of halogens is 1. The number of fused-ring (bicyclic) bond motifs is 1. The number of hydrogen-bond donors (Lipinski definition) is 2. The van der Waals surface area contributed by atoms with E-state index in [9.17, 15) is 0 Å². The number of benzene rings is 2. The molecule has 3 fully saturated rings. The SMILES string of the molecule is COc1cc(N2CCC(N3CC(N(C)C4COC4)C3)CC2)c(C)cc1Nc1ncc(Br)c(Nc2ccc3c(c2P(C)C)OCCO3)n1. The van der Waals surface area contributed by atoms with Crippen molar-refractivity contribution in [1.82, 2.24) is 19.8 Å². The fourth-order valence-corrected chi connectivity index (χ4v) is 8.45. The van der Waals surface area contributed by atoms with E-state index < -0.39 is 7.92 Å². The van der Waals surface area contributed by atoms with E-state index in [1.165, 1.54) is 37.2 Å². The van der Waals surface area contributed by atoms with Gasteiger partial charge in [0.1, 0.15) is 24.8 Å². The first-order valence-corrected chi connectivity index (χ1v) is 19.5. The highest BCUT2D eigenvalue weighted by Crippen LogP contribution is 2.42. The van der Waals surface area contributed by atoms with Gasteiger partial charge in [-0.15, -0.1) is 0 Å². The molecule has 11 nitrogen and oxygen atoms in total. The maximum Gasteiger partial charge on any atom is 0.229 e. The van der Waals surface area contributed by atoms with Gasteiger partial charge in [0.2, 0.25) is 5.95 Å². The highest BCUT2D eigenvalue weighted by atomic mass is 79.9. The highest BCUT2D eigenvalue weighted by molar-refractivity contribution is 9.10. The summed E-state index contributed by atoms with van der Waals surface area (Å²) in [7, 11) is 3.49. The zero-order valence-corrected chi connectivity index (χ0v) is 30.4. The Labute approximate surface area is 287 Å². The minimum absolute atomic E-state index is 0.472. The number of aromatic nitrogens is 2. The van der Waals surface area contributed by atoms with Crippen LogP contribution in [-0.4, -0.2) is 118 Å². The summed E-state index contributed by atoms with van der Waals surface area (Å²) in [5.74, 6) is 3.51. The van der Waals surface area contributed by atoms with Gasteiger partial charge in [-0.3, -0.25) is 9.80 Å². The van der Waals surface area contributed by atoms with E-state index in [1.54, 1.807) is 13.3 Å². The molecule has 0 amide bonds. The van der Waals surface area contributed by atoms with E-state index >= 15 is 0 Å². The lowest BCUT2D eigenvalue weighted by Crippen LogP contribution is -2.66. The average Bonchev–Trinajstić information content (AvgIpc) is 3.01. The van der Waals surface area contributed by atoms with Gasteiger partial charge < -0.3 is 34.5 Å². The summed E-state index contributed by atoms with van der Waals surface area (Å²) in [5, 5.41) is 8.06. The first-order valence-electron chi connectivity index (χ1n) is 16.4. The first-order chi connectivity index (χ1) is 22.8. The zero-order chi connectivity index (χ0) is 32.7. The minimum Gasteiger partial charge on any atom is -0.494 e. The number of rotatable bonds is 10. The lowest BCUT2D eigenvalue weighted by Gasteiger charge is -2.52. The van der Waals surface area contributed by atoms with Crippen LogP contribution in [0.5, 0.6) is 17.2 Å². The monoisotopic (exact) mass is 725 g/mol. The molecule has 2 N–H and O–H groups in total. The zero-order valence-electron chi connectivity index (χ0n) is 27.9. The largest absolute Gasteiger partial charge is 0.494 e. The Bertz CT molecular complexity index is 1600. The van der Waals surface area contributed by atoms with Gasteiger partial charge in [0.25, 0.3) is 0 Å². The van der Waals surface area contributed by atoms with E-state index in [0.717, 1.165) is 64.7 Å². The summed E-state index contributed by atoms with van der Waals surface area (Å²) in [5.41, 5.74) is 4.19. The second kappa shape index (κ2) is 13.9. The van der Waals surface area contributed by atoms with Crippen molar-refractivity contribution in [3.63, 3.8) is 0 Å². The minimum atomic E-state index is -0.483. The van der Waals surface area contributed by atoms with Gasteiger partial charge in [-0.05, 0) is 79.8 Å². The van der Waals surface area contributed by atoms with Gasteiger partial charge in [0, 0.05) is 61.5 Å². The number of hydrogen-bond acceptors (Lipinski definition) is 11. The fourth-order valence-electron chi connectivity index (χ4n) is 6.97. The van der Waals surface area contributed by atoms with Crippen LogP contribution < -0.4 is 35.0 Å². The lowest BCUT2D eigenvalue weighted by molar-refractivity contribution is -0.0995. The Kier molecular flexibility index (Phi) is 9.67. The number of nitrogens with zero attached hydrogens (tertiary/aromatic N) is 5. The smallest absolute Gasteiger partial charge is 0.229 e. The molecule has 252 valence electrons. The molecular formula is C34H45BrN7O4P. The van der Waals surface area contributed by atoms with Gasteiger partial charge >= 0.3 is 0 Å². The third kappa shape index (κ3) is 6.72. The number of ether oxygens (including phenoxy) is 4. The van der Waals surface area contributed by atoms with Crippen molar-refractivity contribution in [2.75, 3.05) is 95.6 Å². The maximum absolute atomic E-state index is 6.03. The standard InChI is InChI=1S/C34H45BrN7O4P/c1-21-14-27(30(43-3)15-28(21)41-10-8-22(9-11-41)42-17-23(18-42)40(2)24-19-44-20-24)38-34-36-16-25(35)33(39-34)37-26-6-7-29-31(32(26)47(4)5)46-13-12-45-29/h6-7,14-16,22-24H,8-13,17-20H2,1-5H3,(H2,36,37,38,39). The van der Waals surface area contributed by atoms with E-state index in [-0.39, 0.29) is 0 Å². The summed E-state index contributed by atoms with van der Waals surface area (Å²) in [4.78, 5) is 17.1.